The van der Waals surface area contributed by atoms with Crippen molar-refractivity contribution < 1.29 is 13.2 Å². The molecule has 5 heteroatoms. The summed E-state index contributed by atoms with van der Waals surface area (Å²) in [7, 11) is 0. The molecular formula is C8H5ClF3I. The van der Waals surface area contributed by atoms with Crippen molar-refractivity contribution in [1.82, 2.24) is 0 Å². The van der Waals surface area contributed by atoms with E-state index < -0.39 is 11.7 Å². The highest BCUT2D eigenvalue weighted by Gasteiger charge is 2.32. The first kappa shape index (κ1) is 11.1. The second-order valence-electron chi connectivity index (χ2n) is 2.45. The van der Waals surface area contributed by atoms with Gasteiger partial charge in [0.15, 0.2) is 0 Å². The summed E-state index contributed by atoms with van der Waals surface area (Å²) in [6.07, 6.45) is -4.36. The van der Waals surface area contributed by atoms with Crippen LogP contribution in [0.2, 0.25) is 5.02 Å². The maximum Gasteiger partial charge on any atom is 0.417 e. The first-order chi connectivity index (χ1) is 5.95. The molecule has 0 aliphatic heterocycles. The summed E-state index contributed by atoms with van der Waals surface area (Å²) < 4.78 is 37.2. The van der Waals surface area contributed by atoms with Crippen molar-refractivity contribution in [2.75, 3.05) is 0 Å². The van der Waals surface area contributed by atoms with E-state index in [0.717, 1.165) is 11.6 Å². The number of halogens is 5. The molecule has 0 spiro atoms. The van der Waals surface area contributed by atoms with Crippen molar-refractivity contribution in [3.8, 4) is 0 Å². The van der Waals surface area contributed by atoms with E-state index in [1.165, 1.54) is 12.1 Å². The van der Waals surface area contributed by atoms with Crippen LogP contribution < -0.4 is 0 Å². The lowest BCUT2D eigenvalue weighted by molar-refractivity contribution is -0.137. The van der Waals surface area contributed by atoms with E-state index in [-0.39, 0.29) is 5.02 Å². The number of rotatable bonds is 1. The Morgan fingerprint density at radius 3 is 2.31 bits per heavy atom. The molecule has 0 atom stereocenters. The molecule has 1 rings (SSSR count). The third kappa shape index (κ3) is 2.74. The van der Waals surface area contributed by atoms with Gasteiger partial charge in [-0.15, -0.1) is 0 Å². The number of hydrogen-bond acceptors (Lipinski definition) is 0. The van der Waals surface area contributed by atoms with Gasteiger partial charge in [0.2, 0.25) is 0 Å². The maximum absolute atomic E-state index is 12.2. The second-order valence-corrected chi connectivity index (χ2v) is 3.62. The average molecular weight is 320 g/mol. The average Bonchev–Trinajstić information content (AvgIpc) is 2.01. The molecule has 72 valence electrons. The lowest BCUT2D eigenvalue weighted by Gasteiger charge is -2.09. The quantitative estimate of drug-likeness (QED) is 0.535. The van der Waals surface area contributed by atoms with Gasteiger partial charge in [0, 0.05) is 4.43 Å². The summed E-state index contributed by atoms with van der Waals surface area (Å²) >= 11 is 7.53. The topological polar surface area (TPSA) is 0 Å². The Labute approximate surface area is 92.2 Å². The molecule has 1 aromatic carbocycles. The minimum absolute atomic E-state index is 0.235. The summed E-state index contributed by atoms with van der Waals surface area (Å²) in [5.41, 5.74) is 0.0152. The van der Waals surface area contributed by atoms with Crippen LogP contribution in [0.25, 0.3) is 0 Å². The van der Waals surface area contributed by atoms with Crippen LogP contribution in [0.1, 0.15) is 11.1 Å². The van der Waals surface area contributed by atoms with Gasteiger partial charge in [-0.2, -0.15) is 13.2 Å². The Kier molecular flexibility index (Phi) is 3.45. The van der Waals surface area contributed by atoms with E-state index in [0.29, 0.717) is 4.43 Å². The van der Waals surface area contributed by atoms with Crippen LogP contribution in [0.15, 0.2) is 18.2 Å². The van der Waals surface area contributed by atoms with E-state index in [9.17, 15) is 13.2 Å². The maximum atomic E-state index is 12.2. The van der Waals surface area contributed by atoms with Crippen molar-refractivity contribution >= 4 is 34.2 Å². The van der Waals surface area contributed by atoms with Gasteiger partial charge in [-0.3, -0.25) is 0 Å². The van der Waals surface area contributed by atoms with Gasteiger partial charge in [0.05, 0.1) is 10.6 Å². The molecule has 0 aromatic heterocycles. The molecule has 0 saturated carbocycles. The Morgan fingerprint density at radius 1 is 1.31 bits per heavy atom. The Balaban J connectivity index is 3.13. The predicted molar refractivity (Wildman–Crippen MR) is 54.2 cm³/mol. The summed E-state index contributed by atoms with van der Waals surface area (Å²) in [4.78, 5) is 0. The van der Waals surface area contributed by atoms with Crippen LogP contribution in [0, 0.1) is 0 Å². The fraction of sp³-hybridized carbons (Fsp3) is 0.250. The lowest BCUT2D eigenvalue weighted by Crippen LogP contribution is -2.05. The van der Waals surface area contributed by atoms with E-state index in [2.05, 4.69) is 22.6 Å². The largest absolute Gasteiger partial charge is 0.417 e. The van der Waals surface area contributed by atoms with Gasteiger partial charge in [0.1, 0.15) is 0 Å². The van der Waals surface area contributed by atoms with Crippen molar-refractivity contribution in [2.45, 2.75) is 10.6 Å². The lowest BCUT2D eigenvalue weighted by atomic mass is 10.1. The van der Waals surface area contributed by atoms with Gasteiger partial charge in [-0.05, 0) is 17.7 Å². The van der Waals surface area contributed by atoms with Gasteiger partial charge >= 0.3 is 6.18 Å². The Hall–Kier alpha value is 0.0300. The zero-order chi connectivity index (χ0) is 10.1. The van der Waals surface area contributed by atoms with E-state index in [4.69, 9.17) is 11.6 Å². The van der Waals surface area contributed by atoms with Crippen LogP contribution in [-0.2, 0) is 10.6 Å². The zero-order valence-corrected chi connectivity index (χ0v) is 9.24. The zero-order valence-electron chi connectivity index (χ0n) is 6.33. The van der Waals surface area contributed by atoms with Crippen LogP contribution in [0.3, 0.4) is 0 Å². The molecule has 0 nitrogen and oxygen atoms in total. The molecule has 0 aliphatic rings. The van der Waals surface area contributed by atoms with Crippen molar-refractivity contribution in [1.29, 1.82) is 0 Å². The van der Waals surface area contributed by atoms with Crippen LogP contribution in [0.5, 0.6) is 0 Å². The van der Waals surface area contributed by atoms with E-state index in [1.807, 2.05) is 0 Å². The minimum Gasteiger partial charge on any atom is -0.166 e. The minimum atomic E-state index is -4.36. The summed E-state index contributed by atoms with van der Waals surface area (Å²) in [6.45, 7) is 0. The van der Waals surface area contributed by atoms with Crippen LogP contribution in [-0.4, -0.2) is 0 Å². The molecule has 0 heterocycles. The van der Waals surface area contributed by atoms with Crippen molar-refractivity contribution in [3.05, 3.63) is 34.3 Å². The number of alkyl halides is 4. The molecule has 0 unspecified atom stereocenters. The molecule has 13 heavy (non-hydrogen) atoms. The van der Waals surface area contributed by atoms with Gasteiger partial charge < -0.3 is 0 Å². The molecule has 0 aliphatic carbocycles. The van der Waals surface area contributed by atoms with Gasteiger partial charge in [-0.1, -0.05) is 40.3 Å². The molecule has 0 N–H and O–H groups in total. The summed E-state index contributed by atoms with van der Waals surface area (Å²) in [5, 5.41) is -0.235. The smallest absolute Gasteiger partial charge is 0.166 e. The monoisotopic (exact) mass is 320 g/mol. The Morgan fingerprint density at radius 2 is 1.92 bits per heavy atom. The molecule has 0 amide bonds. The third-order valence-corrected chi connectivity index (χ3v) is 2.69. The summed E-state index contributed by atoms with van der Waals surface area (Å²) in [5.74, 6) is 0. The third-order valence-electron chi connectivity index (χ3n) is 1.49. The van der Waals surface area contributed by atoms with Crippen LogP contribution >= 0.6 is 34.2 Å². The van der Waals surface area contributed by atoms with Crippen molar-refractivity contribution in [2.24, 2.45) is 0 Å². The second kappa shape index (κ2) is 4.04. The Bertz CT molecular complexity index is 309. The van der Waals surface area contributed by atoms with E-state index in [1.54, 1.807) is 0 Å². The van der Waals surface area contributed by atoms with Crippen molar-refractivity contribution in [3.63, 3.8) is 0 Å². The van der Waals surface area contributed by atoms with Gasteiger partial charge in [0.25, 0.3) is 0 Å². The molecule has 1 aromatic rings. The van der Waals surface area contributed by atoms with E-state index >= 15 is 0 Å². The molecule has 0 radical (unpaired) electrons. The SMILES string of the molecule is FC(F)(F)c1ccc(CI)cc1Cl. The summed E-state index contributed by atoms with van der Waals surface area (Å²) in [6, 6.07) is 3.79. The molecule has 0 saturated heterocycles. The molecule has 0 fully saturated rings. The number of benzene rings is 1. The number of hydrogen-bond donors (Lipinski definition) is 0. The van der Waals surface area contributed by atoms with Gasteiger partial charge in [-0.25, -0.2) is 0 Å². The highest BCUT2D eigenvalue weighted by Crippen LogP contribution is 2.35. The first-order valence-electron chi connectivity index (χ1n) is 3.36. The molecule has 0 bridgehead atoms. The highest BCUT2D eigenvalue weighted by atomic mass is 127. The standard InChI is InChI=1S/C8H5ClF3I/c9-7-3-5(4-13)1-2-6(7)8(10,11)12/h1-3H,4H2. The normalized spacial score (nSPS) is 11.8. The fourth-order valence-corrected chi connectivity index (χ4v) is 1.66. The highest BCUT2D eigenvalue weighted by molar-refractivity contribution is 14.1. The molecular weight excluding hydrogens is 315 g/mol. The van der Waals surface area contributed by atoms with Crippen LogP contribution in [0.4, 0.5) is 13.2 Å². The fourth-order valence-electron chi connectivity index (χ4n) is 0.872. The first-order valence-corrected chi connectivity index (χ1v) is 5.27. The predicted octanol–water partition coefficient (Wildman–Crippen LogP) is 4.29.